The van der Waals surface area contributed by atoms with Gasteiger partial charge in [-0.05, 0) is 57.4 Å². The fraction of sp³-hybridized carbons (Fsp3) is 1.00. The van der Waals surface area contributed by atoms with E-state index in [-0.39, 0.29) is 11.7 Å². The van der Waals surface area contributed by atoms with E-state index in [1.807, 2.05) is 0 Å². The molecule has 2 aliphatic heterocycles. The third-order valence-corrected chi connectivity index (χ3v) is 6.80. The lowest BCUT2D eigenvalue weighted by Gasteiger charge is -2.52. The van der Waals surface area contributed by atoms with E-state index >= 15 is 0 Å². The number of ether oxygens (including phenoxy) is 2. The molecule has 3 rings (SSSR count). The Labute approximate surface area is 148 Å². The molecule has 0 aromatic heterocycles. The second-order valence-electron chi connectivity index (χ2n) is 8.92. The molecule has 4 nitrogen and oxygen atoms in total. The summed E-state index contributed by atoms with van der Waals surface area (Å²) in [5, 5.41) is 0. The van der Waals surface area contributed by atoms with Crippen molar-refractivity contribution in [2.45, 2.75) is 70.1 Å². The Morgan fingerprint density at radius 1 is 1.12 bits per heavy atom. The molecule has 1 atom stereocenters. The maximum absolute atomic E-state index is 6.59. The summed E-state index contributed by atoms with van der Waals surface area (Å²) in [5.74, 6) is 1.78. The third-order valence-electron chi connectivity index (χ3n) is 6.80. The average Bonchev–Trinajstić information content (AvgIpc) is 2.58. The molecule has 4 heteroatoms. The quantitative estimate of drug-likeness (QED) is 0.787. The highest BCUT2D eigenvalue weighted by Crippen LogP contribution is 2.37. The Balaban J connectivity index is 1.64. The molecular formula is C20H38N2O2. The summed E-state index contributed by atoms with van der Waals surface area (Å²) >= 11 is 0. The molecule has 2 saturated heterocycles. The fourth-order valence-corrected chi connectivity index (χ4v) is 5.11. The van der Waals surface area contributed by atoms with Crippen molar-refractivity contribution in [2.75, 3.05) is 46.9 Å². The molecule has 140 valence electrons. The Kier molecular flexibility index (Phi) is 6.23. The van der Waals surface area contributed by atoms with Gasteiger partial charge in [-0.3, -0.25) is 4.90 Å². The molecule has 0 aromatic rings. The minimum Gasteiger partial charge on any atom is -0.382 e. The lowest BCUT2D eigenvalue weighted by Crippen LogP contribution is -2.62. The highest BCUT2D eigenvalue weighted by molar-refractivity contribution is 4.97. The van der Waals surface area contributed by atoms with Gasteiger partial charge in [-0.15, -0.1) is 0 Å². The van der Waals surface area contributed by atoms with Crippen LogP contribution in [0.4, 0.5) is 0 Å². The molecule has 0 aromatic carbocycles. The van der Waals surface area contributed by atoms with E-state index in [2.05, 4.69) is 30.7 Å². The zero-order chi connectivity index (χ0) is 17.2. The normalized spacial score (nSPS) is 35.6. The van der Waals surface area contributed by atoms with Crippen molar-refractivity contribution in [1.29, 1.82) is 0 Å². The van der Waals surface area contributed by atoms with Crippen LogP contribution in [0, 0.1) is 11.8 Å². The molecule has 3 aliphatic rings. The molecule has 0 N–H and O–H groups in total. The van der Waals surface area contributed by atoms with E-state index in [9.17, 15) is 0 Å². The zero-order valence-corrected chi connectivity index (χ0v) is 16.3. The number of morpholine rings is 1. The van der Waals surface area contributed by atoms with E-state index in [0.717, 1.165) is 50.7 Å². The standard InChI is InChI=1S/C20H38N2O2/c1-16(2)17-5-7-18(8-6-17)22-13-19(14-23-4)24-20(15-22)9-11-21(3)12-10-20/h16-19H,5-15H2,1-4H3. The number of rotatable bonds is 4. The molecule has 0 bridgehead atoms. The summed E-state index contributed by atoms with van der Waals surface area (Å²) < 4.78 is 12.0. The van der Waals surface area contributed by atoms with Gasteiger partial charge >= 0.3 is 0 Å². The van der Waals surface area contributed by atoms with Gasteiger partial charge in [0.25, 0.3) is 0 Å². The molecule has 1 saturated carbocycles. The predicted octanol–water partition coefficient (Wildman–Crippen LogP) is 3.01. The van der Waals surface area contributed by atoms with Crippen LogP contribution in [0.2, 0.25) is 0 Å². The largest absolute Gasteiger partial charge is 0.382 e. The number of methoxy groups -OCH3 is 1. The molecule has 24 heavy (non-hydrogen) atoms. The molecule has 2 heterocycles. The van der Waals surface area contributed by atoms with Crippen LogP contribution < -0.4 is 0 Å². The van der Waals surface area contributed by atoms with E-state index in [1.165, 1.54) is 38.5 Å². The first-order valence-corrected chi connectivity index (χ1v) is 10.1. The van der Waals surface area contributed by atoms with Gasteiger partial charge in [-0.2, -0.15) is 0 Å². The third kappa shape index (κ3) is 4.32. The molecule has 1 aliphatic carbocycles. The van der Waals surface area contributed by atoms with Gasteiger partial charge in [0, 0.05) is 39.3 Å². The highest BCUT2D eigenvalue weighted by Gasteiger charge is 2.44. The Hall–Kier alpha value is -0.160. The Morgan fingerprint density at radius 2 is 1.79 bits per heavy atom. The summed E-state index contributed by atoms with van der Waals surface area (Å²) in [6.07, 6.45) is 8.14. The molecular weight excluding hydrogens is 300 g/mol. The van der Waals surface area contributed by atoms with Crippen LogP contribution >= 0.6 is 0 Å². The molecule has 1 unspecified atom stereocenters. The van der Waals surface area contributed by atoms with Gasteiger partial charge in [0.05, 0.1) is 18.3 Å². The number of nitrogens with zero attached hydrogens (tertiary/aromatic N) is 2. The summed E-state index contributed by atoms with van der Waals surface area (Å²) in [5.41, 5.74) is 0.0723. The minimum absolute atomic E-state index is 0.0723. The minimum atomic E-state index is 0.0723. The van der Waals surface area contributed by atoms with Gasteiger partial charge in [0.1, 0.15) is 0 Å². The van der Waals surface area contributed by atoms with Crippen LogP contribution in [0.3, 0.4) is 0 Å². The van der Waals surface area contributed by atoms with Crippen LogP contribution in [-0.2, 0) is 9.47 Å². The van der Waals surface area contributed by atoms with Crippen LogP contribution in [0.15, 0.2) is 0 Å². The van der Waals surface area contributed by atoms with Crippen LogP contribution in [-0.4, -0.2) is 74.5 Å². The van der Waals surface area contributed by atoms with Crippen molar-refractivity contribution >= 4 is 0 Å². The van der Waals surface area contributed by atoms with Crippen LogP contribution in [0.5, 0.6) is 0 Å². The Bertz CT molecular complexity index is 385. The molecule has 3 fully saturated rings. The van der Waals surface area contributed by atoms with Crippen molar-refractivity contribution in [1.82, 2.24) is 9.80 Å². The first-order valence-electron chi connectivity index (χ1n) is 10.1. The summed E-state index contributed by atoms with van der Waals surface area (Å²) in [6.45, 7) is 10.0. The lowest BCUT2D eigenvalue weighted by molar-refractivity contribution is -0.194. The molecule has 1 spiro atoms. The van der Waals surface area contributed by atoms with Gasteiger partial charge in [0.15, 0.2) is 0 Å². The van der Waals surface area contributed by atoms with Crippen LogP contribution in [0.1, 0.15) is 52.4 Å². The summed E-state index contributed by atoms with van der Waals surface area (Å²) in [6, 6.07) is 0.764. The van der Waals surface area contributed by atoms with E-state index in [1.54, 1.807) is 7.11 Å². The second-order valence-corrected chi connectivity index (χ2v) is 8.92. The van der Waals surface area contributed by atoms with E-state index < -0.39 is 0 Å². The summed E-state index contributed by atoms with van der Waals surface area (Å²) in [4.78, 5) is 5.21. The number of likely N-dealkylation sites (tertiary alicyclic amines) is 1. The van der Waals surface area contributed by atoms with Crippen molar-refractivity contribution in [3.8, 4) is 0 Å². The fourth-order valence-electron chi connectivity index (χ4n) is 5.11. The average molecular weight is 339 g/mol. The topological polar surface area (TPSA) is 24.9 Å². The van der Waals surface area contributed by atoms with Gasteiger partial charge < -0.3 is 14.4 Å². The smallest absolute Gasteiger partial charge is 0.0943 e. The van der Waals surface area contributed by atoms with E-state index in [0.29, 0.717) is 0 Å². The maximum atomic E-state index is 6.59. The number of piperidine rings is 1. The lowest BCUT2D eigenvalue weighted by atomic mass is 9.78. The predicted molar refractivity (Wildman–Crippen MR) is 98.4 cm³/mol. The van der Waals surface area contributed by atoms with Gasteiger partial charge in [0.2, 0.25) is 0 Å². The van der Waals surface area contributed by atoms with Crippen LogP contribution in [0.25, 0.3) is 0 Å². The first kappa shape index (κ1) is 18.6. The monoisotopic (exact) mass is 338 g/mol. The first-order chi connectivity index (χ1) is 11.5. The number of hydrogen-bond donors (Lipinski definition) is 0. The SMILES string of the molecule is COCC1CN(C2CCC(C(C)C)CC2)CC2(CCN(C)CC2)O1. The zero-order valence-electron chi connectivity index (χ0n) is 16.3. The van der Waals surface area contributed by atoms with Gasteiger partial charge in [-0.1, -0.05) is 13.8 Å². The second kappa shape index (κ2) is 8.03. The van der Waals surface area contributed by atoms with E-state index in [4.69, 9.17) is 9.47 Å². The van der Waals surface area contributed by atoms with Gasteiger partial charge in [-0.25, -0.2) is 0 Å². The van der Waals surface area contributed by atoms with Crippen molar-refractivity contribution in [3.05, 3.63) is 0 Å². The maximum Gasteiger partial charge on any atom is 0.0943 e. The van der Waals surface area contributed by atoms with Crippen molar-refractivity contribution in [2.24, 2.45) is 11.8 Å². The number of hydrogen-bond acceptors (Lipinski definition) is 4. The Morgan fingerprint density at radius 3 is 2.38 bits per heavy atom. The highest BCUT2D eigenvalue weighted by atomic mass is 16.5. The molecule has 0 radical (unpaired) electrons. The molecule has 0 amide bonds. The van der Waals surface area contributed by atoms with Crippen molar-refractivity contribution < 1.29 is 9.47 Å². The summed E-state index contributed by atoms with van der Waals surface area (Å²) in [7, 11) is 4.03. The van der Waals surface area contributed by atoms with Crippen molar-refractivity contribution in [3.63, 3.8) is 0 Å².